The molecule has 4 nitrogen and oxygen atoms in total. The van der Waals surface area contributed by atoms with Crippen LogP contribution in [0.2, 0.25) is 0 Å². The lowest BCUT2D eigenvalue weighted by Crippen LogP contribution is -1.67. The molecule has 5 heteroatoms. The van der Waals surface area contributed by atoms with E-state index in [1.807, 2.05) is 48.5 Å². The number of fused-ring (bicyclic) bond motifs is 1. The van der Waals surface area contributed by atoms with Gasteiger partial charge in [0.2, 0.25) is 5.88 Å². The van der Waals surface area contributed by atoms with E-state index >= 15 is 0 Å². The molecule has 0 amide bonds. The minimum absolute atomic E-state index is 0.0211. The van der Waals surface area contributed by atoms with E-state index in [2.05, 4.69) is 31.1 Å². The molecule has 94 valence electrons. The predicted molar refractivity (Wildman–Crippen MR) is 78.3 cm³/mol. The highest BCUT2D eigenvalue weighted by Gasteiger charge is 2.10. The number of aromatic amines is 1. The number of hydrogen-bond acceptors (Lipinski definition) is 3. The molecule has 3 rings (SSSR count). The molecule has 3 aromatic rings. The third kappa shape index (κ3) is 2.37. The van der Waals surface area contributed by atoms with Crippen LogP contribution in [0.3, 0.4) is 0 Å². The number of azo groups is 1. The van der Waals surface area contributed by atoms with Crippen molar-refractivity contribution < 1.29 is 5.11 Å². The largest absolute Gasteiger partial charge is 0.493 e. The van der Waals surface area contributed by atoms with Crippen molar-refractivity contribution in [1.29, 1.82) is 0 Å². The zero-order chi connectivity index (χ0) is 13.2. The SMILES string of the molecule is Oc1[nH]c2ccc(Br)cc2c1N=Nc1ccccc1. The molecule has 0 unspecified atom stereocenters. The second-order valence-electron chi connectivity index (χ2n) is 4.05. The van der Waals surface area contributed by atoms with Crippen LogP contribution < -0.4 is 0 Å². The first-order chi connectivity index (χ1) is 9.24. The number of halogens is 1. The number of aromatic nitrogens is 1. The number of nitrogens with one attached hydrogen (secondary N) is 1. The lowest BCUT2D eigenvalue weighted by Gasteiger charge is -1.93. The average molecular weight is 316 g/mol. The first-order valence-electron chi connectivity index (χ1n) is 5.71. The number of nitrogens with zero attached hydrogens (tertiary/aromatic N) is 2. The minimum Gasteiger partial charge on any atom is -0.493 e. The van der Waals surface area contributed by atoms with Crippen LogP contribution >= 0.6 is 15.9 Å². The molecule has 0 aliphatic heterocycles. The van der Waals surface area contributed by atoms with Crippen LogP contribution in [0.5, 0.6) is 5.88 Å². The van der Waals surface area contributed by atoms with Crippen LogP contribution in [0.1, 0.15) is 0 Å². The fourth-order valence-corrected chi connectivity index (χ4v) is 2.20. The number of aromatic hydroxyl groups is 1. The van der Waals surface area contributed by atoms with Gasteiger partial charge >= 0.3 is 0 Å². The Labute approximate surface area is 117 Å². The van der Waals surface area contributed by atoms with Crippen molar-refractivity contribution in [1.82, 2.24) is 4.98 Å². The van der Waals surface area contributed by atoms with E-state index in [1.54, 1.807) is 0 Å². The topological polar surface area (TPSA) is 60.7 Å². The standard InChI is InChI=1S/C14H10BrN3O/c15-9-6-7-12-11(8-9)13(14(19)16-12)18-17-10-4-2-1-3-5-10/h1-8,16,19H. The summed E-state index contributed by atoms with van der Waals surface area (Å²) >= 11 is 3.40. The Morgan fingerprint density at radius 3 is 2.58 bits per heavy atom. The van der Waals surface area contributed by atoms with E-state index in [-0.39, 0.29) is 5.88 Å². The molecule has 2 aromatic carbocycles. The van der Waals surface area contributed by atoms with Crippen molar-refractivity contribution in [3.63, 3.8) is 0 Å². The molecule has 0 saturated heterocycles. The fraction of sp³-hybridized carbons (Fsp3) is 0. The third-order valence-corrected chi connectivity index (χ3v) is 3.23. The Hall–Kier alpha value is -2.14. The van der Waals surface area contributed by atoms with Gasteiger partial charge in [-0.1, -0.05) is 34.1 Å². The summed E-state index contributed by atoms with van der Waals surface area (Å²) in [6.45, 7) is 0. The maximum atomic E-state index is 9.88. The molecule has 0 saturated carbocycles. The molecule has 0 bridgehead atoms. The van der Waals surface area contributed by atoms with Gasteiger partial charge in [0.25, 0.3) is 0 Å². The second-order valence-corrected chi connectivity index (χ2v) is 4.96. The first-order valence-corrected chi connectivity index (χ1v) is 6.50. The lowest BCUT2D eigenvalue weighted by atomic mass is 10.2. The highest BCUT2D eigenvalue weighted by molar-refractivity contribution is 9.10. The Morgan fingerprint density at radius 2 is 1.79 bits per heavy atom. The Kier molecular flexibility index (Phi) is 3.05. The van der Waals surface area contributed by atoms with Gasteiger partial charge in [-0.15, -0.1) is 5.11 Å². The first kappa shape index (κ1) is 11.9. The van der Waals surface area contributed by atoms with E-state index in [0.717, 1.165) is 21.1 Å². The van der Waals surface area contributed by atoms with Gasteiger partial charge in [0.15, 0.2) is 5.69 Å². The van der Waals surface area contributed by atoms with Crippen LogP contribution in [0.4, 0.5) is 11.4 Å². The molecule has 0 aliphatic carbocycles. The van der Waals surface area contributed by atoms with Crippen molar-refractivity contribution in [2.24, 2.45) is 10.2 Å². The summed E-state index contributed by atoms with van der Waals surface area (Å²) in [4.78, 5) is 2.87. The molecular weight excluding hydrogens is 306 g/mol. The summed E-state index contributed by atoms with van der Waals surface area (Å²) in [6.07, 6.45) is 0. The van der Waals surface area contributed by atoms with Crippen molar-refractivity contribution in [2.45, 2.75) is 0 Å². The summed E-state index contributed by atoms with van der Waals surface area (Å²) < 4.78 is 0.926. The molecule has 1 aromatic heterocycles. The molecule has 1 heterocycles. The van der Waals surface area contributed by atoms with Crippen LogP contribution in [-0.2, 0) is 0 Å². The van der Waals surface area contributed by atoms with Crippen LogP contribution in [0.15, 0.2) is 63.2 Å². The summed E-state index contributed by atoms with van der Waals surface area (Å²) in [5, 5.41) is 19.0. The molecule has 2 N–H and O–H groups in total. The van der Waals surface area contributed by atoms with Gasteiger partial charge in [0, 0.05) is 9.86 Å². The van der Waals surface area contributed by atoms with Gasteiger partial charge in [0.05, 0.1) is 11.2 Å². The van der Waals surface area contributed by atoms with Gasteiger partial charge in [-0.25, -0.2) is 0 Å². The Balaban J connectivity index is 2.07. The van der Waals surface area contributed by atoms with Crippen LogP contribution in [0, 0.1) is 0 Å². The quantitative estimate of drug-likeness (QED) is 0.638. The van der Waals surface area contributed by atoms with Crippen molar-refractivity contribution in [2.75, 3.05) is 0 Å². The van der Waals surface area contributed by atoms with Gasteiger partial charge in [-0.05, 0) is 30.3 Å². The van der Waals surface area contributed by atoms with Gasteiger partial charge < -0.3 is 10.1 Å². The van der Waals surface area contributed by atoms with Crippen LogP contribution in [-0.4, -0.2) is 10.1 Å². The maximum absolute atomic E-state index is 9.88. The van der Waals surface area contributed by atoms with Gasteiger partial charge in [-0.3, -0.25) is 0 Å². The molecule has 0 radical (unpaired) electrons. The Bertz CT molecular complexity index is 750. The highest BCUT2D eigenvalue weighted by atomic mass is 79.9. The predicted octanol–water partition coefficient (Wildman–Crippen LogP) is 5.05. The maximum Gasteiger partial charge on any atom is 0.218 e. The monoisotopic (exact) mass is 315 g/mol. The number of rotatable bonds is 2. The van der Waals surface area contributed by atoms with Crippen molar-refractivity contribution >= 4 is 38.2 Å². The van der Waals surface area contributed by atoms with Gasteiger partial charge in [0.1, 0.15) is 0 Å². The normalized spacial score (nSPS) is 11.4. The minimum atomic E-state index is 0.0211. The summed E-state index contributed by atoms with van der Waals surface area (Å²) in [6, 6.07) is 15.1. The summed E-state index contributed by atoms with van der Waals surface area (Å²) in [7, 11) is 0. The van der Waals surface area contributed by atoms with E-state index in [4.69, 9.17) is 0 Å². The molecule has 0 aliphatic rings. The molecule has 0 fully saturated rings. The lowest BCUT2D eigenvalue weighted by molar-refractivity contribution is 0.459. The van der Waals surface area contributed by atoms with Gasteiger partial charge in [-0.2, -0.15) is 5.11 Å². The fourth-order valence-electron chi connectivity index (χ4n) is 1.84. The van der Waals surface area contributed by atoms with E-state index in [9.17, 15) is 5.11 Å². The molecule has 0 spiro atoms. The van der Waals surface area contributed by atoms with E-state index < -0.39 is 0 Å². The number of H-pyrrole nitrogens is 1. The molecule has 0 atom stereocenters. The van der Waals surface area contributed by atoms with Crippen molar-refractivity contribution in [3.05, 3.63) is 53.0 Å². The molecule has 19 heavy (non-hydrogen) atoms. The van der Waals surface area contributed by atoms with E-state index in [1.165, 1.54) is 0 Å². The average Bonchev–Trinajstić information content (AvgIpc) is 2.73. The summed E-state index contributed by atoms with van der Waals surface area (Å²) in [5.41, 5.74) is 2.01. The molecular formula is C14H10BrN3O. The highest BCUT2D eigenvalue weighted by Crippen LogP contribution is 2.37. The van der Waals surface area contributed by atoms with E-state index in [0.29, 0.717) is 5.69 Å². The van der Waals surface area contributed by atoms with Crippen LogP contribution in [0.25, 0.3) is 10.9 Å². The second kappa shape index (κ2) is 4.85. The number of benzene rings is 2. The zero-order valence-corrected chi connectivity index (χ0v) is 11.4. The summed E-state index contributed by atoms with van der Waals surface area (Å²) in [5.74, 6) is 0.0211. The third-order valence-electron chi connectivity index (χ3n) is 2.74. The smallest absolute Gasteiger partial charge is 0.218 e. The zero-order valence-electron chi connectivity index (χ0n) is 9.84. The van der Waals surface area contributed by atoms with Crippen molar-refractivity contribution in [3.8, 4) is 5.88 Å². The Morgan fingerprint density at radius 1 is 1.00 bits per heavy atom. The number of hydrogen-bond donors (Lipinski definition) is 2.